The first-order valence-electron chi connectivity index (χ1n) is 7.25. The molecular formula is C18H20BrN. The summed E-state index contributed by atoms with van der Waals surface area (Å²) < 4.78 is 1.18. The molecule has 0 fully saturated rings. The lowest BCUT2D eigenvalue weighted by Crippen LogP contribution is -2.23. The summed E-state index contributed by atoms with van der Waals surface area (Å²) in [7, 11) is 0. The van der Waals surface area contributed by atoms with Gasteiger partial charge in [-0.05, 0) is 61.1 Å². The van der Waals surface area contributed by atoms with Crippen LogP contribution in [0, 0.1) is 6.92 Å². The Morgan fingerprint density at radius 1 is 1.20 bits per heavy atom. The second-order valence-corrected chi connectivity index (χ2v) is 6.60. The molecule has 2 aromatic carbocycles. The van der Waals surface area contributed by atoms with Crippen LogP contribution in [0.3, 0.4) is 0 Å². The maximum absolute atomic E-state index is 3.80. The molecule has 1 aliphatic rings. The van der Waals surface area contributed by atoms with E-state index in [0.717, 1.165) is 0 Å². The molecule has 0 radical (unpaired) electrons. The Hall–Kier alpha value is -1.12. The highest BCUT2D eigenvalue weighted by molar-refractivity contribution is 9.10. The highest BCUT2D eigenvalue weighted by Gasteiger charge is 2.24. The molecule has 0 spiro atoms. The summed E-state index contributed by atoms with van der Waals surface area (Å²) >= 11 is 3.56. The average Bonchev–Trinajstić information content (AvgIpc) is 2.81. The van der Waals surface area contributed by atoms with E-state index in [4.69, 9.17) is 0 Å². The smallest absolute Gasteiger partial charge is 0.0331 e. The maximum Gasteiger partial charge on any atom is 0.0331 e. The number of rotatable bonds is 3. The average molecular weight is 330 g/mol. The summed E-state index contributed by atoms with van der Waals surface area (Å²) in [6.45, 7) is 4.45. The van der Waals surface area contributed by atoms with Crippen LogP contribution in [0.1, 0.15) is 47.7 Å². The van der Waals surface area contributed by atoms with Crippen molar-refractivity contribution in [3.05, 3.63) is 69.2 Å². The number of hydrogen-bond acceptors (Lipinski definition) is 1. The quantitative estimate of drug-likeness (QED) is 0.826. The molecule has 0 aromatic heterocycles. The fourth-order valence-corrected chi connectivity index (χ4v) is 3.63. The summed E-state index contributed by atoms with van der Waals surface area (Å²) in [6, 6.07) is 16.2. The Morgan fingerprint density at radius 2 is 2.00 bits per heavy atom. The van der Waals surface area contributed by atoms with Gasteiger partial charge in [-0.15, -0.1) is 0 Å². The predicted molar refractivity (Wildman–Crippen MR) is 87.9 cm³/mol. The van der Waals surface area contributed by atoms with Crippen molar-refractivity contribution in [2.75, 3.05) is 0 Å². The van der Waals surface area contributed by atoms with E-state index in [1.807, 2.05) is 0 Å². The van der Waals surface area contributed by atoms with Gasteiger partial charge in [-0.3, -0.25) is 0 Å². The SMILES string of the molecule is Cc1ccccc1C(C)NC1CCc2cc(Br)ccc21. The number of aryl methyl sites for hydroxylation is 2. The van der Waals surface area contributed by atoms with Gasteiger partial charge in [0.25, 0.3) is 0 Å². The first-order valence-corrected chi connectivity index (χ1v) is 8.04. The molecule has 2 unspecified atom stereocenters. The minimum atomic E-state index is 0.385. The lowest BCUT2D eigenvalue weighted by Gasteiger charge is -2.22. The van der Waals surface area contributed by atoms with E-state index in [1.54, 1.807) is 0 Å². The Balaban J connectivity index is 1.79. The highest BCUT2D eigenvalue weighted by atomic mass is 79.9. The number of nitrogens with one attached hydrogen (secondary N) is 1. The number of fused-ring (bicyclic) bond motifs is 1. The van der Waals surface area contributed by atoms with Gasteiger partial charge in [0.05, 0.1) is 0 Å². The predicted octanol–water partition coefficient (Wildman–Crippen LogP) is 5.10. The molecule has 2 aromatic rings. The van der Waals surface area contributed by atoms with Gasteiger partial charge in [-0.1, -0.05) is 46.3 Å². The number of hydrogen-bond donors (Lipinski definition) is 1. The molecule has 0 heterocycles. The van der Waals surface area contributed by atoms with Crippen LogP contribution >= 0.6 is 15.9 Å². The van der Waals surface area contributed by atoms with Crippen molar-refractivity contribution < 1.29 is 0 Å². The normalized spacial score (nSPS) is 18.9. The van der Waals surface area contributed by atoms with E-state index in [0.29, 0.717) is 12.1 Å². The Kier molecular flexibility index (Phi) is 3.95. The Labute approximate surface area is 129 Å². The second-order valence-electron chi connectivity index (χ2n) is 5.68. The molecular weight excluding hydrogens is 310 g/mol. The van der Waals surface area contributed by atoms with Crippen molar-refractivity contribution in [1.82, 2.24) is 5.32 Å². The van der Waals surface area contributed by atoms with Crippen LogP contribution in [0.25, 0.3) is 0 Å². The molecule has 0 saturated carbocycles. The van der Waals surface area contributed by atoms with Crippen molar-refractivity contribution in [3.63, 3.8) is 0 Å². The molecule has 2 heteroatoms. The zero-order chi connectivity index (χ0) is 14.1. The van der Waals surface area contributed by atoms with E-state index in [1.165, 1.54) is 39.6 Å². The highest BCUT2D eigenvalue weighted by Crippen LogP contribution is 2.34. The first kappa shape index (κ1) is 13.8. The molecule has 104 valence electrons. The van der Waals surface area contributed by atoms with Crippen LogP contribution in [0.5, 0.6) is 0 Å². The third-order valence-corrected chi connectivity index (χ3v) is 4.78. The van der Waals surface area contributed by atoms with Crippen LogP contribution < -0.4 is 5.32 Å². The van der Waals surface area contributed by atoms with Crippen molar-refractivity contribution in [1.29, 1.82) is 0 Å². The van der Waals surface area contributed by atoms with E-state index >= 15 is 0 Å². The number of benzene rings is 2. The van der Waals surface area contributed by atoms with Gasteiger partial charge in [-0.2, -0.15) is 0 Å². The standard InChI is InChI=1S/C18H20BrN/c1-12-5-3-4-6-16(12)13(2)20-18-10-7-14-11-15(19)8-9-17(14)18/h3-6,8-9,11,13,18,20H,7,10H2,1-2H3. The molecule has 1 aliphatic carbocycles. The fourth-order valence-electron chi connectivity index (χ4n) is 3.22. The van der Waals surface area contributed by atoms with Gasteiger partial charge in [0.2, 0.25) is 0 Å². The fraction of sp³-hybridized carbons (Fsp3) is 0.333. The van der Waals surface area contributed by atoms with Crippen molar-refractivity contribution in [2.24, 2.45) is 0 Å². The molecule has 0 bridgehead atoms. The molecule has 0 saturated heterocycles. The molecule has 1 nitrogen and oxygen atoms in total. The summed E-state index contributed by atoms with van der Waals surface area (Å²) in [5.74, 6) is 0. The van der Waals surface area contributed by atoms with Gasteiger partial charge < -0.3 is 5.32 Å². The Bertz CT molecular complexity index is 621. The van der Waals surface area contributed by atoms with Crippen LogP contribution in [0.15, 0.2) is 46.9 Å². The van der Waals surface area contributed by atoms with Crippen molar-refractivity contribution in [2.45, 2.75) is 38.8 Å². The van der Waals surface area contributed by atoms with Gasteiger partial charge >= 0.3 is 0 Å². The minimum absolute atomic E-state index is 0.385. The topological polar surface area (TPSA) is 12.0 Å². The van der Waals surface area contributed by atoms with Gasteiger partial charge in [0.15, 0.2) is 0 Å². The lowest BCUT2D eigenvalue weighted by atomic mass is 10.0. The van der Waals surface area contributed by atoms with Crippen LogP contribution in [-0.4, -0.2) is 0 Å². The van der Waals surface area contributed by atoms with Gasteiger partial charge in [0, 0.05) is 16.6 Å². The monoisotopic (exact) mass is 329 g/mol. The third kappa shape index (κ3) is 2.68. The minimum Gasteiger partial charge on any atom is -0.303 e. The second kappa shape index (κ2) is 5.71. The first-order chi connectivity index (χ1) is 9.65. The molecule has 0 aliphatic heterocycles. The molecule has 20 heavy (non-hydrogen) atoms. The summed E-state index contributed by atoms with van der Waals surface area (Å²) in [4.78, 5) is 0. The molecule has 0 amide bonds. The van der Waals surface area contributed by atoms with Crippen LogP contribution in [-0.2, 0) is 6.42 Å². The van der Waals surface area contributed by atoms with E-state index < -0.39 is 0 Å². The van der Waals surface area contributed by atoms with Crippen LogP contribution in [0.2, 0.25) is 0 Å². The largest absolute Gasteiger partial charge is 0.303 e. The molecule has 2 atom stereocenters. The van der Waals surface area contributed by atoms with E-state index in [9.17, 15) is 0 Å². The van der Waals surface area contributed by atoms with Crippen molar-refractivity contribution >= 4 is 15.9 Å². The van der Waals surface area contributed by atoms with Crippen molar-refractivity contribution in [3.8, 4) is 0 Å². The molecule has 3 rings (SSSR count). The van der Waals surface area contributed by atoms with Crippen LogP contribution in [0.4, 0.5) is 0 Å². The van der Waals surface area contributed by atoms with Gasteiger partial charge in [-0.25, -0.2) is 0 Å². The van der Waals surface area contributed by atoms with Gasteiger partial charge in [0.1, 0.15) is 0 Å². The van der Waals surface area contributed by atoms with E-state index in [-0.39, 0.29) is 0 Å². The zero-order valence-corrected chi connectivity index (χ0v) is 13.6. The number of halogens is 1. The summed E-state index contributed by atoms with van der Waals surface area (Å²) in [6.07, 6.45) is 2.37. The zero-order valence-electron chi connectivity index (χ0n) is 12.0. The summed E-state index contributed by atoms with van der Waals surface area (Å²) in [5, 5.41) is 3.80. The van der Waals surface area contributed by atoms with E-state index in [2.05, 4.69) is 77.6 Å². The maximum atomic E-state index is 3.80. The summed E-state index contributed by atoms with van der Waals surface area (Å²) in [5.41, 5.74) is 5.71. The third-order valence-electron chi connectivity index (χ3n) is 4.29. The Morgan fingerprint density at radius 3 is 2.80 bits per heavy atom. The lowest BCUT2D eigenvalue weighted by molar-refractivity contribution is 0.464. The molecule has 1 N–H and O–H groups in total.